The highest BCUT2D eigenvalue weighted by molar-refractivity contribution is 5.83. The average molecular weight is 250 g/mol. The van der Waals surface area contributed by atoms with Gasteiger partial charge in [0.1, 0.15) is 5.76 Å². The molecule has 2 N–H and O–H groups in total. The number of amides is 1. The van der Waals surface area contributed by atoms with Gasteiger partial charge in [-0.15, -0.1) is 0 Å². The van der Waals surface area contributed by atoms with E-state index in [1.165, 1.54) is 0 Å². The maximum atomic E-state index is 12.5. The number of furan rings is 1. The number of carbonyl (C=O) groups excluding carboxylic acids is 1. The van der Waals surface area contributed by atoms with E-state index >= 15 is 0 Å². The van der Waals surface area contributed by atoms with Crippen LogP contribution in [-0.2, 0) is 11.3 Å². The fraction of sp³-hybridized carbons (Fsp3) is 0.643. The minimum atomic E-state index is -0.396. The van der Waals surface area contributed by atoms with Crippen LogP contribution in [0.5, 0.6) is 0 Å². The summed E-state index contributed by atoms with van der Waals surface area (Å²) in [4.78, 5) is 14.3. The summed E-state index contributed by atoms with van der Waals surface area (Å²) in [6, 6.07) is 1.90. The van der Waals surface area contributed by atoms with Crippen LogP contribution in [0.15, 0.2) is 16.7 Å². The first-order valence-corrected chi connectivity index (χ1v) is 6.49. The summed E-state index contributed by atoms with van der Waals surface area (Å²) in [5, 5.41) is 0. The highest BCUT2D eigenvalue weighted by Crippen LogP contribution is 2.38. The van der Waals surface area contributed by atoms with Crippen molar-refractivity contribution in [2.75, 3.05) is 7.05 Å². The van der Waals surface area contributed by atoms with Crippen LogP contribution in [0.2, 0.25) is 0 Å². The summed E-state index contributed by atoms with van der Waals surface area (Å²) in [6.07, 6.45) is 4.54. The maximum absolute atomic E-state index is 12.5. The molecule has 1 amide bonds. The van der Waals surface area contributed by atoms with Gasteiger partial charge in [0, 0.05) is 25.2 Å². The molecule has 0 aromatic carbocycles. The van der Waals surface area contributed by atoms with Crippen LogP contribution in [0.3, 0.4) is 0 Å². The number of carbonyl (C=O) groups is 1. The van der Waals surface area contributed by atoms with Crippen LogP contribution >= 0.6 is 0 Å². The lowest BCUT2D eigenvalue weighted by molar-refractivity contribution is -0.140. The standard InChI is InChI=1S/C14H22N2O2/c1-10-11(6-8-18-10)9-16(3)13(17)14(2)7-4-5-12(14)15/h6,8,12H,4-5,7,9,15H2,1-3H3. The van der Waals surface area contributed by atoms with Crippen molar-refractivity contribution < 1.29 is 9.21 Å². The van der Waals surface area contributed by atoms with Crippen LogP contribution in [-0.4, -0.2) is 23.9 Å². The van der Waals surface area contributed by atoms with Crippen molar-refractivity contribution in [3.8, 4) is 0 Å². The van der Waals surface area contributed by atoms with Crippen molar-refractivity contribution in [2.45, 2.75) is 45.7 Å². The third kappa shape index (κ3) is 2.17. The number of hydrogen-bond acceptors (Lipinski definition) is 3. The molecule has 2 rings (SSSR count). The molecule has 2 unspecified atom stereocenters. The van der Waals surface area contributed by atoms with E-state index in [4.69, 9.17) is 10.2 Å². The second-order valence-electron chi connectivity index (χ2n) is 5.58. The van der Waals surface area contributed by atoms with Gasteiger partial charge in [-0.3, -0.25) is 4.79 Å². The smallest absolute Gasteiger partial charge is 0.230 e. The Bertz CT molecular complexity index is 441. The summed E-state index contributed by atoms with van der Waals surface area (Å²) in [7, 11) is 1.84. The summed E-state index contributed by atoms with van der Waals surface area (Å²) in [6.45, 7) is 4.49. The van der Waals surface area contributed by atoms with Crippen LogP contribution in [0.1, 0.15) is 37.5 Å². The average Bonchev–Trinajstić information content (AvgIpc) is 2.87. The molecular weight excluding hydrogens is 228 g/mol. The highest BCUT2D eigenvalue weighted by atomic mass is 16.3. The van der Waals surface area contributed by atoms with E-state index in [1.807, 2.05) is 27.0 Å². The van der Waals surface area contributed by atoms with E-state index in [1.54, 1.807) is 11.2 Å². The molecule has 100 valence electrons. The lowest BCUT2D eigenvalue weighted by Gasteiger charge is -2.32. The quantitative estimate of drug-likeness (QED) is 0.893. The molecule has 0 aliphatic heterocycles. The van der Waals surface area contributed by atoms with Crippen LogP contribution in [0, 0.1) is 12.3 Å². The Morgan fingerprint density at radius 1 is 1.67 bits per heavy atom. The largest absolute Gasteiger partial charge is 0.469 e. The van der Waals surface area contributed by atoms with Gasteiger partial charge in [-0.1, -0.05) is 6.42 Å². The molecule has 1 heterocycles. The lowest BCUT2D eigenvalue weighted by Crippen LogP contribution is -2.47. The molecule has 0 radical (unpaired) electrons. The van der Waals surface area contributed by atoms with Crippen LogP contribution in [0.25, 0.3) is 0 Å². The van der Waals surface area contributed by atoms with Gasteiger partial charge < -0.3 is 15.1 Å². The van der Waals surface area contributed by atoms with Gasteiger partial charge in [-0.2, -0.15) is 0 Å². The number of aryl methyl sites for hydroxylation is 1. The monoisotopic (exact) mass is 250 g/mol. The molecule has 18 heavy (non-hydrogen) atoms. The molecule has 1 aromatic rings. The van der Waals surface area contributed by atoms with Gasteiger partial charge in [0.2, 0.25) is 5.91 Å². The summed E-state index contributed by atoms with van der Waals surface area (Å²) >= 11 is 0. The number of nitrogens with two attached hydrogens (primary N) is 1. The Morgan fingerprint density at radius 3 is 2.89 bits per heavy atom. The fourth-order valence-electron chi connectivity index (χ4n) is 2.80. The van der Waals surface area contributed by atoms with Gasteiger partial charge in [-0.25, -0.2) is 0 Å². The second kappa shape index (κ2) is 4.76. The highest BCUT2D eigenvalue weighted by Gasteiger charge is 2.44. The number of nitrogens with zero attached hydrogens (tertiary/aromatic N) is 1. The molecule has 4 heteroatoms. The van der Waals surface area contributed by atoms with Gasteiger partial charge in [0.15, 0.2) is 0 Å². The van der Waals surface area contributed by atoms with E-state index in [2.05, 4.69) is 0 Å². The Labute approximate surface area is 108 Å². The minimum Gasteiger partial charge on any atom is -0.469 e. The normalized spacial score (nSPS) is 27.4. The zero-order chi connectivity index (χ0) is 13.3. The molecule has 0 spiro atoms. The van der Waals surface area contributed by atoms with Crippen molar-refractivity contribution in [1.82, 2.24) is 4.90 Å². The third-order valence-electron chi connectivity index (χ3n) is 4.24. The van der Waals surface area contributed by atoms with E-state index in [0.717, 1.165) is 30.6 Å². The first-order chi connectivity index (χ1) is 8.45. The van der Waals surface area contributed by atoms with E-state index in [0.29, 0.717) is 6.54 Å². The number of rotatable bonds is 3. The molecule has 1 fully saturated rings. The van der Waals surface area contributed by atoms with E-state index in [-0.39, 0.29) is 11.9 Å². The van der Waals surface area contributed by atoms with Crippen LogP contribution < -0.4 is 5.73 Å². The van der Waals surface area contributed by atoms with Crippen molar-refractivity contribution in [3.63, 3.8) is 0 Å². The topological polar surface area (TPSA) is 59.5 Å². The Kier molecular flexibility index (Phi) is 3.48. The maximum Gasteiger partial charge on any atom is 0.230 e. The SMILES string of the molecule is Cc1occc1CN(C)C(=O)C1(C)CCCC1N. The predicted octanol–water partition coefficient (Wildman–Crippen LogP) is 2.06. The van der Waals surface area contributed by atoms with Crippen molar-refractivity contribution in [3.05, 3.63) is 23.7 Å². The summed E-state index contributed by atoms with van der Waals surface area (Å²) in [5.74, 6) is 1.02. The molecular formula is C14H22N2O2. The summed E-state index contributed by atoms with van der Waals surface area (Å²) in [5.41, 5.74) is 6.75. The zero-order valence-corrected chi connectivity index (χ0v) is 11.4. The van der Waals surface area contributed by atoms with Crippen LogP contribution in [0.4, 0.5) is 0 Å². The molecule has 1 saturated carbocycles. The Balaban J connectivity index is 2.07. The van der Waals surface area contributed by atoms with E-state index in [9.17, 15) is 4.79 Å². The van der Waals surface area contributed by atoms with Gasteiger partial charge in [0.25, 0.3) is 0 Å². The second-order valence-corrected chi connectivity index (χ2v) is 5.58. The summed E-state index contributed by atoms with van der Waals surface area (Å²) < 4.78 is 5.25. The predicted molar refractivity (Wildman–Crippen MR) is 69.9 cm³/mol. The van der Waals surface area contributed by atoms with Crippen molar-refractivity contribution >= 4 is 5.91 Å². The first-order valence-electron chi connectivity index (χ1n) is 6.49. The fourth-order valence-corrected chi connectivity index (χ4v) is 2.80. The van der Waals surface area contributed by atoms with Gasteiger partial charge in [0.05, 0.1) is 11.7 Å². The van der Waals surface area contributed by atoms with E-state index < -0.39 is 5.41 Å². The van der Waals surface area contributed by atoms with Crippen molar-refractivity contribution in [1.29, 1.82) is 0 Å². The van der Waals surface area contributed by atoms with Crippen molar-refractivity contribution in [2.24, 2.45) is 11.1 Å². The molecule has 4 nitrogen and oxygen atoms in total. The van der Waals surface area contributed by atoms with Gasteiger partial charge in [-0.05, 0) is 32.8 Å². The molecule has 1 aliphatic rings. The molecule has 1 aliphatic carbocycles. The molecule has 1 aromatic heterocycles. The minimum absolute atomic E-state index is 0.0158. The molecule has 2 atom stereocenters. The molecule has 0 saturated heterocycles. The molecule has 0 bridgehead atoms. The van der Waals surface area contributed by atoms with Gasteiger partial charge >= 0.3 is 0 Å². The first kappa shape index (κ1) is 13.1. The third-order valence-corrected chi connectivity index (χ3v) is 4.24. The Hall–Kier alpha value is -1.29. The number of hydrogen-bond donors (Lipinski definition) is 1. The lowest BCUT2D eigenvalue weighted by atomic mass is 9.83. The zero-order valence-electron chi connectivity index (χ0n) is 11.4. The Morgan fingerprint density at radius 2 is 2.39 bits per heavy atom.